The number of aromatic nitrogens is 1. The maximum Gasteiger partial charge on any atom is 0.416 e. The maximum absolute atomic E-state index is 12.8. The van der Waals surface area contributed by atoms with E-state index in [1.807, 2.05) is 30.5 Å². The van der Waals surface area contributed by atoms with E-state index in [9.17, 15) is 13.2 Å². The van der Waals surface area contributed by atoms with Crippen molar-refractivity contribution >= 4 is 27.5 Å². The van der Waals surface area contributed by atoms with E-state index in [0.29, 0.717) is 5.92 Å². The Morgan fingerprint density at radius 1 is 1.08 bits per heavy atom. The molecule has 1 aromatic heterocycles. The Balaban J connectivity index is 1.69. The summed E-state index contributed by atoms with van der Waals surface area (Å²) in [7, 11) is -0.701. The molecule has 1 unspecified atom stereocenters. The molecule has 2 N–H and O–H groups in total. The fourth-order valence-corrected chi connectivity index (χ4v) is 4.16. The van der Waals surface area contributed by atoms with Crippen LogP contribution in [0.15, 0.2) is 64.0 Å². The molecule has 26 heavy (non-hydrogen) atoms. The highest BCUT2D eigenvalue weighted by Gasteiger charge is 2.30. The summed E-state index contributed by atoms with van der Waals surface area (Å²) in [5, 5.41) is 1.00. The van der Waals surface area contributed by atoms with Crippen molar-refractivity contribution in [2.24, 2.45) is 10.3 Å². The Hall–Kier alpha value is -2.12. The Labute approximate surface area is 151 Å². The first kappa shape index (κ1) is 17.3. The van der Waals surface area contributed by atoms with Gasteiger partial charge >= 0.3 is 6.18 Å². The number of nitrogens with one attached hydrogen (secondary N) is 2. The lowest BCUT2D eigenvalue weighted by Crippen LogP contribution is -2.19. The van der Waals surface area contributed by atoms with Gasteiger partial charge in [-0.2, -0.15) is 13.2 Å². The van der Waals surface area contributed by atoms with Crippen molar-refractivity contribution in [2.45, 2.75) is 23.9 Å². The largest absolute Gasteiger partial charge is 0.416 e. The van der Waals surface area contributed by atoms with Crippen LogP contribution in [0.25, 0.3) is 10.9 Å². The molecule has 136 valence electrons. The van der Waals surface area contributed by atoms with E-state index in [4.69, 9.17) is 4.36 Å². The Morgan fingerprint density at radius 2 is 1.81 bits per heavy atom. The summed E-state index contributed by atoms with van der Waals surface area (Å²) >= 11 is 0. The Kier molecular flexibility index (Phi) is 4.58. The van der Waals surface area contributed by atoms with E-state index in [-0.39, 0.29) is 0 Å². The first-order valence-electron chi connectivity index (χ1n) is 8.44. The van der Waals surface area contributed by atoms with Gasteiger partial charge in [0.1, 0.15) is 0 Å². The third-order valence-corrected chi connectivity index (χ3v) is 5.91. The van der Waals surface area contributed by atoms with Gasteiger partial charge in [0.15, 0.2) is 0 Å². The standard InChI is InChI=1S/C19H18F3N3S/c20-19(21,22)14-7-9-15(10-8-14)26(24-11-13-5-6-13)25-18-12-23-17-4-2-1-3-16(17)18/h1-4,7-10,12-13,23H,5-6,11H2,(H,24,25). The van der Waals surface area contributed by atoms with E-state index in [0.717, 1.165) is 40.2 Å². The fraction of sp³-hybridized carbons (Fsp3) is 0.263. The molecule has 0 bridgehead atoms. The van der Waals surface area contributed by atoms with E-state index >= 15 is 0 Å². The summed E-state index contributed by atoms with van der Waals surface area (Å²) in [5.41, 5.74) is 1.16. The number of benzene rings is 2. The molecule has 2 aromatic carbocycles. The van der Waals surface area contributed by atoms with Crippen LogP contribution in [0, 0.1) is 5.92 Å². The summed E-state index contributed by atoms with van der Waals surface area (Å²) < 4.78 is 46.7. The van der Waals surface area contributed by atoms with Crippen LogP contribution in [0.5, 0.6) is 0 Å². The second-order valence-corrected chi connectivity index (χ2v) is 7.92. The first-order valence-corrected chi connectivity index (χ1v) is 9.62. The molecule has 7 heteroatoms. The highest BCUT2D eigenvalue weighted by molar-refractivity contribution is 7.85. The van der Waals surface area contributed by atoms with Gasteiger partial charge < -0.3 is 4.98 Å². The predicted molar refractivity (Wildman–Crippen MR) is 98.2 cm³/mol. The molecule has 1 atom stereocenters. The first-order chi connectivity index (χ1) is 12.5. The van der Waals surface area contributed by atoms with Gasteiger partial charge in [-0.3, -0.25) is 4.72 Å². The zero-order chi connectivity index (χ0) is 18.1. The number of alkyl halides is 3. The smallest absolute Gasteiger partial charge is 0.359 e. The summed E-state index contributed by atoms with van der Waals surface area (Å²) in [4.78, 5) is 3.94. The van der Waals surface area contributed by atoms with Gasteiger partial charge in [0.05, 0.1) is 11.3 Å². The topological polar surface area (TPSA) is 40.2 Å². The predicted octanol–water partition coefficient (Wildman–Crippen LogP) is 5.59. The summed E-state index contributed by atoms with van der Waals surface area (Å²) in [5.74, 6) is 0.651. The van der Waals surface area contributed by atoms with Crippen molar-refractivity contribution in [1.82, 2.24) is 9.71 Å². The van der Waals surface area contributed by atoms with Gasteiger partial charge in [-0.15, -0.1) is 0 Å². The van der Waals surface area contributed by atoms with Gasteiger partial charge in [-0.1, -0.05) is 18.2 Å². The summed E-state index contributed by atoms with van der Waals surface area (Å²) in [6.45, 7) is 0.829. The maximum atomic E-state index is 12.8. The van der Waals surface area contributed by atoms with Crippen molar-refractivity contribution in [1.29, 1.82) is 0 Å². The molecule has 3 nitrogen and oxygen atoms in total. The number of H-pyrrole nitrogens is 1. The van der Waals surface area contributed by atoms with Crippen LogP contribution < -0.4 is 4.72 Å². The molecule has 4 rings (SSSR count). The van der Waals surface area contributed by atoms with E-state index in [1.165, 1.54) is 25.0 Å². The van der Waals surface area contributed by atoms with Gasteiger partial charge in [-0.25, -0.2) is 4.36 Å². The molecule has 3 aromatic rings. The molecule has 0 aliphatic heterocycles. The second kappa shape index (κ2) is 6.89. The molecule has 1 aliphatic rings. The lowest BCUT2D eigenvalue weighted by Gasteiger charge is -2.12. The third-order valence-electron chi connectivity index (χ3n) is 4.37. The average Bonchev–Trinajstić information content (AvgIpc) is 3.38. The number of rotatable bonds is 5. The van der Waals surface area contributed by atoms with Crippen LogP contribution >= 0.6 is 0 Å². The monoisotopic (exact) mass is 377 g/mol. The van der Waals surface area contributed by atoms with Gasteiger partial charge in [0.25, 0.3) is 0 Å². The SMILES string of the molecule is FC(F)(F)c1ccc(S(=Nc2c[nH]c3ccccc23)NCC2CC2)cc1. The molecule has 1 heterocycles. The second-order valence-electron chi connectivity index (χ2n) is 6.41. The minimum atomic E-state index is -4.33. The average molecular weight is 377 g/mol. The van der Waals surface area contributed by atoms with E-state index in [2.05, 4.69) is 9.71 Å². The molecule has 1 aliphatic carbocycles. The normalized spacial score (nSPS) is 16.3. The molecule has 0 radical (unpaired) electrons. The molecular formula is C19H18F3N3S. The minimum Gasteiger partial charge on any atom is -0.359 e. The van der Waals surface area contributed by atoms with Crippen LogP contribution in [-0.4, -0.2) is 11.5 Å². The lowest BCUT2D eigenvalue weighted by molar-refractivity contribution is -0.137. The fourth-order valence-electron chi connectivity index (χ4n) is 2.69. The van der Waals surface area contributed by atoms with Crippen LogP contribution in [0.1, 0.15) is 18.4 Å². The number of hydrogen-bond donors (Lipinski definition) is 2. The van der Waals surface area contributed by atoms with Crippen LogP contribution in [0.2, 0.25) is 0 Å². The minimum absolute atomic E-state index is 0.640. The highest BCUT2D eigenvalue weighted by Crippen LogP contribution is 2.32. The molecule has 0 saturated heterocycles. The van der Waals surface area contributed by atoms with Crippen molar-refractivity contribution in [3.63, 3.8) is 0 Å². The molecular weight excluding hydrogens is 359 g/mol. The zero-order valence-corrected chi connectivity index (χ0v) is 14.7. The number of halogens is 3. The van der Waals surface area contributed by atoms with Crippen molar-refractivity contribution in [3.8, 4) is 0 Å². The number of para-hydroxylation sites is 1. The summed E-state index contributed by atoms with van der Waals surface area (Å²) in [6.07, 6.45) is -0.0886. The third kappa shape index (κ3) is 3.83. The van der Waals surface area contributed by atoms with Gasteiger partial charge in [0.2, 0.25) is 0 Å². The van der Waals surface area contributed by atoms with E-state index in [1.54, 1.807) is 0 Å². The van der Waals surface area contributed by atoms with E-state index < -0.39 is 22.6 Å². The number of aromatic amines is 1. The molecule has 0 amide bonds. The summed E-state index contributed by atoms with van der Waals surface area (Å²) in [6, 6.07) is 13.1. The molecule has 0 spiro atoms. The molecule has 1 fully saturated rings. The van der Waals surface area contributed by atoms with Crippen molar-refractivity contribution < 1.29 is 13.2 Å². The van der Waals surface area contributed by atoms with Gasteiger partial charge in [-0.05, 0) is 49.1 Å². The Morgan fingerprint density at radius 3 is 2.50 bits per heavy atom. The molecule has 1 saturated carbocycles. The van der Waals surface area contributed by atoms with Gasteiger partial charge in [0, 0.05) is 39.4 Å². The quantitative estimate of drug-likeness (QED) is 0.597. The lowest BCUT2D eigenvalue weighted by atomic mass is 10.2. The Bertz CT molecular complexity index is 941. The highest BCUT2D eigenvalue weighted by atomic mass is 32.2. The van der Waals surface area contributed by atoms with Crippen LogP contribution in [-0.2, 0) is 17.1 Å². The van der Waals surface area contributed by atoms with Crippen LogP contribution in [0.3, 0.4) is 0 Å². The van der Waals surface area contributed by atoms with Crippen molar-refractivity contribution in [2.75, 3.05) is 6.54 Å². The number of nitrogens with zero attached hydrogens (tertiary/aromatic N) is 1. The number of fused-ring (bicyclic) bond motifs is 1. The number of hydrogen-bond acceptors (Lipinski definition) is 1. The van der Waals surface area contributed by atoms with Crippen LogP contribution in [0.4, 0.5) is 18.9 Å². The van der Waals surface area contributed by atoms with Crippen molar-refractivity contribution in [3.05, 3.63) is 60.3 Å². The zero-order valence-electron chi connectivity index (χ0n) is 13.9.